The van der Waals surface area contributed by atoms with Crippen LogP contribution >= 0.6 is 11.8 Å². The Balaban J connectivity index is 2.02. The molecule has 0 spiro atoms. The molecule has 3 rings (SSSR count). The van der Waals surface area contributed by atoms with Gasteiger partial charge in [0.25, 0.3) is 5.56 Å². The molecule has 1 unspecified atom stereocenters. The first kappa shape index (κ1) is 20.0. The number of hydrogen-bond acceptors (Lipinski definition) is 9. The lowest BCUT2D eigenvalue weighted by Gasteiger charge is -2.17. The van der Waals surface area contributed by atoms with Crippen LogP contribution in [0, 0.1) is 0 Å². The Morgan fingerprint density at radius 3 is 2.68 bits per heavy atom. The van der Waals surface area contributed by atoms with Crippen LogP contribution in [0.25, 0.3) is 10.9 Å². The van der Waals surface area contributed by atoms with E-state index in [-0.39, 0.29) is 23.4 Å². The Morgan fingerprint density at radius 1 is 1.21 bits per heavy atom. The molecule has 0 aliphatic carbocycles. The number of aliphatic hydroxyl groups excluding tert-OH is 1. The Kier molecular flexibility index (Phi) is 6.10. The summed E-state index contributed by atoms with van der Waals surface area (Å²) in [4.78, 5) is 32.2. The first-order valence-corrected chi connectivity index (χ1v) is 9.74. The summed E-state index contributed by atoms with van der Waals surface area (Å²) in [5, 5.41) is 10.1. The van der Waals surface area contributed by atoms with E-state index in [0.29, 0.717) is 40.8 Å². The molecule has 0 saturated carbocycles. The summed E-state index contributed by atoms with van der Waals surface area (Å²) in [6, 6.07) is 7.23. The molecule has 0 radical (unpaired) electrons. The van der Waals surface area contributed by atoms with Crippen molar-refractivity contribution < 1.29 is 5.11 Å². The standard InChI is InChI=1S/C18H23N7O2S/c1-11(14-21-16(19)23-17(22-14)24(2)3)28-18-20-13-8-5-4-7-12(13)15(27)25(18)9-6-10-26/h4-5,7-8,11,26H,6,9-10H2,1-3H3,(H2,19,21,22,23). The van der Waals surface area contributed by atoms with Crippen LogP contribution in [0.15, 0.2) is 34.2 Å². The summed E-state index contributed by atoms with van der Waals surface area (Å²) in [5.74, 6) is 1.13. The number of nitrogens with zero attached hydrogens (tertiary/aromatic N) is 6. The zero-order valence-electron chi connectivity index (χ0n) is 16.0. The first-order chi connectivity index (χ1) is 13.4. The molecular weight excluding hydrogens is 378 g/mol. The molecule has 1 aromatic carbocycles. The van der Waals surface area contributed by atoms with Crippen molar-refractivity contribution >= 4 is 34.6 Å². The van der Waals surface area contributed by atoms with Crippen LogP contribution in [0.2, 0.25) is 0 Å². The SMILES string of the molecule is CC(Sc1nc2ccccc2c(=O)n1CCCO)c1nc(N)nc(N(C)C)n1. The molecule has 3 aromatic rings. The predicted octanol–water partition coefficient (Wildman–Crippen LogP) is 1.47. The maximum Gasteiger partial charge on any atom is 0.262 e. The van der Waals surface area contributed by atoms with Gasteiger partial charge in [0.05, 0.1) is 16.2 Å². The van der Waals surface area contributed by atoms with E-state index in [0.717, 1.165) is 0 Å². The van der Waals surface area contributed by atoms with Gasteiger partial charge in [0, 0.05) is 27.2 Å². The lowest BCUT2D eigenvalue weighted by molar-refractivity contribution is 0.276. The minimum Gasteiger partial charge on any atom is -0.396 e. The molecular formula is C18H23N7O2S. The molecule has 0 saturated heterocycles. The molecule has 3 N–H and O–H groups in total. The van der Waals surface area contributed by atoms with Crippen molar-refractivity contribution in [2.75, 3.05) is 31.3 Å². The van der Waals surface area contributed by atoms with Crippen molar-refractivity contribution in [3.05, 3.63) is 40.4 Å². The number of hydrogen-bond donors (Lipinski definition) is 2. The number of thioether (sulfide) groups is 1. The zero-order chi connectivity index (χ0) is 20.3. The Labute approximate surface area is 166 Å². The van der Waals surface area contributed by atoms with E-state index in [1.165, 1.54) is 11.8 Å². The summed E-state index contributed by atoms with van der Waals surface area (Å²) in [6.07, 6.45) is 0.464. The van der Waals surface area contributed by atoms with Crippen LogP contribution in [0.5, 0.6) is 0 Å². The molecule has 1 atom stereocenters. The van der Waals surface area contributed by atoms with Crippen LogP contribution < -0.4 is 16.2 Å². The number of aliphatic hydroxyl groups is 1. The molecule has 9 nitrogen and oxygen atoms in total. The van der Waals surface area contributed by atoms with Gasteiger partial charge in [-0.05, 0) is 25.5 Å². The van der Waals surface area contributed by atoms with Gasteiger partial charge in [0.15, 0.2) is 5.16 Å². The van der Waals surface area contributed by atoms with Crippen molar-refractivity contribution in [2.24, 2.45) is 0 Å². The highest BCUT2D eigenvalue weighted by Gasteiger charge is 2.19. The average molecular weight is 401 g/mol. The Bertz CT molecular complexity index is 1040. The third kappa shape index (κ3) is 4.23. The number of benzene rings is 1. The summed E-state index contributed by atoms with van der Waals surface area (Å²) >= 11 is 1.38. The van der Waals surface area contributed by atoms with E-state index in [2.05, 4.69) is 19.9 Å². The van der Waals surface area contributed by atoms with Gasteiger partial charge >= 0.3 is 0 Å². The number of fused-ring (bicyclic) bond motifs is 1. The summed E-state index contributed by atoms with van der Waals surface area (Å²) in [6.45, 7) is 2.30. The van der Waals surface area contributed by atoms with Crippen LogP contribution in [0.3, 0.4) is 0 Å². The van der Waals surface area contributed by atoms with Crippen molar-refractivity contribution in [1.29, 1.82) is 0 Å². The second-order valence-electron chi connectivity index (χ2n) is 6.45. The maximum atomic E-state index is 12.9. The fourth-order valence-electron chi connectivity index (χ4n) is 2.65. The van der Waals surface area contributed by atoms with Gasteiger partial charge < -0.3 is 15.7 Å². The average Bonchev–Trinajstić information content (AvgIpc) is 2.67. The molecule has 148 valence electrons. The van der Waals surface area contributed by atoms with Crippen molar-refractivity contribution in [2.45, 2.75) is 30.3 Å². The van der Waals surface area contributed by atoms with Crippen molar-refractivity contribution in [1.82, 2.24) is 24.5 Å². The number of rotatable bonds is 7. The van der Waals surface area contributed by atoms with Gasteiger partial charge in [0.1, 0.15) is 5.82 Å². The lowest BCUT2D eigenvalue weighted by Crippen LogP contribution is -2.24. The molecule has 2 heterocycles. The van der Waals surface area contributed by atoms with Crippen LogP contribution in [-0.2, 0) is 6.54 Å². The lowest BCUT2D eigenvalue weighted by atomic mass is 10.2. The van der Waals surface area contributed by atoms with Crippen molar-refractivity contribution in [3.8, 4) is 0 Å². The highest BCUT2D eigenvalue weighted by atomic mass is 32.2. The summed E-state index contributed by atoms with van der Waals surface area (Å²) in [5.41, 5.74) is 6.33. The van der Waals surface area contributed by atoms with E-state index >= 15 is 0 Å². The molecule has 0 aliphatic heterocycles. The molecule has 28 heavy (non-hydrogen) atoms. The molecule has 0 bridgehead atoms. The topological polar surface area (TPSA) is 123 Å². The van der Waals surface area contributed by atoms with Gasteiger partial charge in [0.2, 0.25) is 11.9 Å². The van der Waals surface area contributed by atoms with E-state index in [4.69, 9.17) is 5.73 Å². The normalized spacial score (nSPS) is 12.3. The quantitative estimate of drug-likeness (QED) is 0.447. The van der Waals surface area contributed by atoms with Crippen LogP contribution in [0.1, 0.15) is 24.4 Å². The highest BCUT2D eigenvalue weighted by Crippen LogP contribution is 2.32. The Hall–Kier alpha value is -2.72. The Morgan fingerprint density at radius 2 is 1.96 bits per heavy atom. The molecule has 2 aromatic heterocycles. The van der Waals surface area contributed by atoms with E-state index < -0.39 is 0 Å². The number of anilines is 2. The van der Waals surface area contributed by atoms with E-state index in [9.17, 15) is 9.90 Å². The summed E-state index contributed by atoms with van der Waals surface area (Å²) in [7, 11) is 3.65. The number of para-hydroxylation sites is 1. The van der Waals surface area contributed by atoms with E-state index in [1.807, 2.05) is 39.2 Å². The van der Waals surface area contributed by atoms with Gasteiger partial charge in [-0.2, -0.15) is 15.0 Å². The fourth-order valence-corrected chi connectivity index (χ4v) is 3.63. The second kappa shape index (κ2) is 8.53. The number of aromatic nitrogens is 5. The largest absolute Gasteiger partial charge is 0.396 e. The highest BCUT2D eigenvalue weighted by molar-refractivity contribution is 7.99. The summed E-state index contributed by atoms with van der Waals surface area (Å²) < 4.78 is 1.59. The zero-order valence-corrected chi connectivity index (χ0v) is 16.8. The molecule has 10 heteroatoms. The third-order valence-corrected chi connectivity index (χ3v) is 5.16. The fraction of sp³-hybridized carbons (Fsp3) is 0.389. The molecule has 0 amide bonds. The number of nitrogen functional groups attached to an aromatic ring is 1. The minimum absolute atomic E-state index is 0.00484. The molecule has 0 aliphatic rings. The van der Waals surface area contributed by atoms with Crippen LogP contribution in [0.4, 0.5) is 11.9 Å². The van der Waals surface area contributed by atoms with Gasteiger partial charge in [-0.25, -0.2) is 4.98 Å². The smallest absolute Gasteiger partial charge is 0.262 e. The van der Waals surface area contributed by atoms with Crippen molar-refractivity contribution in [3.63, 3.8) is 0 Å². The monoisotopic (exact) mass is 401 g/mol. The minimum atomic E-state index is -0.211. The first-order valence-electron chi connectivity index (χ1n) is 8.86. The van der Waals surface area contributed by atoms with E-state index in [1.54, 1.807) is 15.5 Å². The van der Waals surface area contributed by atoms with Crippen LogP contribution in [-0.4, -0.2) is 50.3 Å². The predicted molar refractivity (Wildman–Crippen MR) is 111 cm³/mol. The van der Waals surface area contributed by atoms with Gasteiger partial charge in [-0.1, -0.05) is 23.9 Å². The second-order valence-corrected chi connectivity index (χ2v) is 7.76. The van der Waals surface area contributed by atoms with Gasteiger partial charge in [-0.15, -0.1) is 0 Å². The maximum absolute atomic E-state index is 12.9. The van der Waals surface area contributed by atoms with Gasteiger partial charge in [-0.3, -0.25) is 9.36 Å². The molecule has 0 fully saturated rings. The third-order valence-electron chi connectivity index (χ3n) is 4.07. The number of nitrogens with two attached hydrogens (primary N) is 1.